The molecule has 0 aliphatic heterocycles. The Labute approximate surface area is 103 Å². The summed E-state index contributed by atoms with van der Waals surface area (Å²) in [5.41, 5.74) is 4.55. The van der Waals surface area contributed by atoms with Crippen molar-refractivity contribution >= 4 is 6.09 Å². The highest BCUT2D eigenvalue weighted by molar-refractivity contribution is 5.67. The summed E-state index contributed by atoms with van der Waals surface area (Å²) in [6, 6.07) is -1.13. The van der Waals surface area contributed by atoms with E-state index in [4.69, 9.17) is 10.5 Å². The summed E-state index contributed by atoms with van der Waals surface area (Å²) in [5.74, 6) is 0. The highest BCUT2D eigenvalue weighted by Crippen LogP contribution is 2.25. The average molecular weight is 274 g/mol. The van der Waals surface area contributed by atoms with E-state index in [1.54, 1.807) is 20.8 Å². The second kappa shape index (κ2) is 6.21. The van der Waals surface area contributed by atoms with Crippen molar-refractivity contribution < 1.29 is 27.1 Å². The molecule has 0 rings (SSSR count). The van der Waals surface area contributed by atoms with Gasteiger partial charge in [-0.1, -0.05) is 0 Å². The Hall–Kier alpha value is -1.05. The third kappa shape index (κ3) is 8.10. The Bertz CT molecular complexity index is 276. The van der Waals surface area contributed by atoms with E-state index < -0.39 is 36.5 Å². The van der Waals surface area contributed by atoms with Crippen molar-refractivity contribution in [2.24, 2.45) is 5.73 Å². The largest absolute Gasteiger partial charge is 0.444 e. The van der Waals surface area contributed by atoms with E-state index in [9.17, 15) is 22.4 Å². The molecule has 0 aromatic rings. The fraction of sp³-hybridized carbons (Fsp3) is 0.900. The van der Waals surface area contributed by atoms with Crippen LogP contribution in [0.3, 0.4) is 0 Å². The van der Waals surface area contributed by atoms with Gasteiger partial charge in [0.2, 0.25) is 0 Å². The van der Waals surface area contributed by atoms with Gasteiger partial charge in [-0.2, -0.15) is 13.2 Å². The lowest BCUT2D eigenvalue weighted by Crippen LogP contribution is -2.42. The van der Waals surface area contributed by atoms with E-state index in [2.05, 4.69) is 5.32 Å². The second-order valence-corrected chi connectivity index (χ2v) is 4.89. The fourth-order valence-corrected chi connectivity index (χ4v) is 1.01. The molecule has 2 unspecified atom stereocenters. The van der Waals surface area contributed by atoms with Crippen molar-refractivity contribution in [3.63, 3.8) is 0 Å². The third-order valence-electron chi connectivity index (χ3n) is 1.77. The number of ether oxygens (including phenoxy) is 1. The van der Waals surface area contributed by atoms with Gasteiger partial charge in [0.1, 0.15) is 5.60 Å². The maximum atomic E-state index is 12.6. The Balaban J connectivity index is 3.98. The van der Waals surface area contributed by atoms with Crippen molar-refractivity contribution in [2.75, 3.05) is 6.54 Å². The minimum atomic E-state index is -4.93. The highest BCUT2D eigenvalue weighted by Gasteiger charge is 2.40. The first-order chi connectivity index (χ1) is 7.92. The van der Waals surface area contributed by atoms with Crippen molar-refractivity contribution in [1.29, 1.82) is 0 Å². The number of amides is 1. The van der Waals surface area contributed by atoms with E-state index in [0.29, 0.717) is 0 Å². The van der Waals surface area contributed by atoms with Gasteiger partial charge in [0.05, 0.1) is 0 Å². The molecule has 0 spiro atoms. The first-order valence-electron chi connectivity index (χ1n) is 5.35. The van der Waals surface area contributed by atoms with E-state index in [1.165, 1.54) is 0 Å². The summed E-state index contributed by atoms with van der Waals surface area (Å²) in [4.78, 5) is 11.1. The van der Waals surface area contributed by atoms with Crippen LogP contribution in [0.15, 0.2) is 0 Å². The third-order valence-corrected chi connectivity index (χ3v) is 1.77. The van der Waals surface area contributed by atoms with Gasteiger partial charge in [-0.15, -0.1) is 0 Å². The molecule has 0 aliphatic carbocycles. The molecular formula is C10H18F4N2O2. The van der Waals surface area contributed by atoms with Gasteiger partial charge >= 0.3 is 12.3 Å². The summed E-state index contributed by atoms with van der Waals surface area (Å²) in [6.45, 7) is 4.61. The summed E-state index contributed by atoms with van der Waals surface area (Å²) in [7, 11) is 0. The zero-order chi connectivity index (χ0) is 14.6. The van der Waals surface area contributed by atoms with Gasteiger partial charge < -0.3 is 15.8 Å². The van der Waals surface area contributed by atoms with E-state index in [0.717, 1.165) is 0 Å². The minimum absolute atomic E-state index is 0.286. The van der Waals surface area contributed by atoms with Crippen LogP contribution in [0, 0.1) is 0 Å². The molecule has 0 saturated heterocycles. The van der Waals surface area contributed by atoms with Gasteiger partial charge in [0, 0.05) is 19.0 Å². The number of nitrogens with one attached hydrogen (secondary N) is 1. The zero-order valence-electron chi connectivity index (χ0n) is 10.5. The predicted molar refractivity (Wildman–Crippen MR) is 57.8 cm³/mol. The normalized spacial score (nSPS) is 16.0. The number of halogens is 4. The van der Waals surface area contributed by atoms with Crippen LogP contribution in [-0.2, 0) is 4.74 Å². The van der Waals surface area contributed by atoms with E-state index in [-0.39, 0.29) is 6.54 Å². The van der Waals surface area contributed by atoms with Gasteiger partial charge in [0.15, 0.2) is 6.17 Å². The number of hydrogen-bond acceptors (Lipinski definition) is 3. The van der Waals surface area contributed by atoms with Crippen LogP contribution in [0.4, 0.5) is 22.4 Å². The second-order valence-electron chi connectivity index (χ2n) is 4.89. The molecule has 8 heteroatoms. The number of alkyl carbamates (subject to hydrolysis) is 1. The molecule has 0 radical (unpaired) electrons. The highest BCUT2D eigenvalue weighted by atomic mass is 19.4. The standard InChI is InChI=1S/C10H18F4N2O2/c1-9(2,3)18-8(17)16-5-6(15)4-7(11)10(12,13)14/h6-7H,4-5,15H2,1-3H3,(H,16,17). The molecule has 0 fully saturated rings. The number of alkyl halides is 4. The van der Waals surface area contributed by atoms with Crippen LogP contribution in [0.5, 0.6) is 0 Å². The Morgan fingerprint density at radius 2 is 1.83 bits per heavy atom. The van der Waals surface area contributed by atoms with Gasteiger partial charge in [-0.25, -0.2) is 9.18 Å². The van der Waals surface area contributed by atoms with Gasteiger partial charge in [-0.05, 0) is 20.8 Å². The number of carbonyl (C=O) groups excluding carboxylic acids is 1. The lowest BCUT2D eigenvalue weighted by atomic mass is 10.1. The lowest BCUT2D eigenvalue weighted by molar-refractivity contribution is -0.182. The molecule has 108 valence electrons. The van der Waals surface area contributed by atoms with Crippen molar-refractivity contribution in [3.05, 3.63) is 0 Å². The molecule has 0 bridgehead atoms. The fourth-order valence-electron chi connectivity index (χ4n) is 1.01. The first kappa shape index (κ1) is 16.9. The molecule has 0 heterocycles. The van der Waals surface area contributed by atoms with Crippen molar-refractivity contribution in [1.82, 2.24) is 5.32 Å². The van der Waals surface area contributed by atoms with Crippen molar-refractivity contribution in [2.45, 2.75) is 51.2 Å². The summed E-state index contributed by atoms with van der Waals surface area (Å²) in [6.07, 6.45) is -9.63. The quantitative estimate of drug-likeness (QED) is 0.772. The molecule has 4 nitrogen and oxygen atoms in total. The van der Waals surface area contributed by atoms with Crippen LogP contribution in [-0.4, -0.2) is 36.6 Å². The number of rotatable bonds is 4. The summed E-state index contributed by atoms with van der Waals surface area (Å²) >= 11 is 0. The zero-order valence-corrected chi connectivity index (χ0v) is 10.5. The van der Waals surface area contributed by atoms with Crippen LogP contribution in [0.1, 0.15) is 27.2 Å². The summed E-state index contributed by atoms with van der Waals surface area (Å²) in [5, 5.41) is 2.18. The molecule has 0 saturated carbocycles. The number of hydrogen-bond donors (Lipinski definition) is 2. The molecular weight excluding hydrogens is 256 g/mol. The van der Waals surface area contributed by atoms with E-state index >= 15 is 0 Å². The van der Waals surface area contributed by atoms with Gasteiger partial charge in [-0.3, -0.25) is 0 Å². The lowest BCUT2D eigenvalue weighted by Gasteiger charge is -2.21. The Kier molecular flexibility index (Phi) is 5.85. The maximum Gasteiger partial charge on any atom is 0.419 e. The minimum Gasteiger partial charge on any atom is -0.444 e. The van der Waals surface area contributed by atoms with Crippen LogP contribution in [0.2, 0.25) is 0 Å². The smallest absolute Gasteiger partial charge is 0.419 e. The summed E-state index contributed by atoms with van der Waals surface area (Å²) < 4.78 is 53.1. The number of nitrogens with two attached hydrogens (primary N) is 1. The molecule has 1 amide bonds. The average Bonchev–Trinajstić information content (AvgIpc) is 2.10. The first-order valence-corrected chi connectivity index (χ1v) is 5.35. The van der Waals surface area contributed by atoms with E-state index in [1.807, 2.05) is 0 Å². The number of carbonyl (C=O) groups is 1. The van der Waals surface area contributed by atoms with Crippen LogP contribution >= 0.6 is 0 Å². The molecule has 0 aliphatic rings. The van der Waals surface area contributed by atoms with Crippen molar-refractivity contribution in [3.8, 4) is 0 Å². The Morgan fingerprint density at radius 3 is 2.22 bits per heavy atom. The molecule has 18 heavy (non-hydrogen) atoms. The van der Waals surface area contributed by atoms with Crippen LogP contribution < -0.4 is 11.1 Å². The topological polar surface area (TPSA) is 64.3 Å². The monoisotopic (exact) mass is 274 g/mol. The predicted octanol–water partition coefficient (Wildman–Crippen LogP) is 2.13. The molecule has 2 atom stereocenters. The SMILES string of the molecule is CC(C)(C)OC(=O)NCC(N)CC(F)C(F)(F)F. The van der Waals surface area contributed by atoms with Crippen LogP contribution in [0.25, 0.3) is 0 Å². The molecule has 0 aromatic heterocycles. The molecule has 3 N–H and O–H groups in total. The molecule has 0 aromatic carbocycles. The maximum absolute atomic E-state index is 12.6. The Morgan fingerprint density at radius 1 is 1.33 bits per heavy atom. The van der Waals surface area contributed by atoms with Gasteiger partial charge in [0.25, 0.3) is 0 Å².